The number of aromatic nitrogens is 1. The summed E-state index contributed by atoms with van der Waals surface area (Å²) in [4.78, 5) is 43.3. The zero-order valence-corrected chi connectivity index (χ0v) is 17.4. The normalized spacial score (nSPS) is 25.4. The molecule has 1 aromatic heterocycles. The van der Waals surface area contributed by atoms with Crippen LogP contribution in [0.4, 0.5) is 10.5 Å². The molecule has 4 amide bonds. The molecule has 8 nitrogen and oxygen atoms in total. The molecule has 1 spiro atoms. The molecule has 2 aliphatic rings. The van der Waals surface area contributed by atoms with E-state index in [-0.39, 0.29) is 17.9 Å². The van der Waals surface area contributed by atoms with Gasteiger partial charge in [-0.05, 0) is 42.7 Å². The molecule has 158 valence electrons. The SMILES string of the molecule is CC1CC(C)(C)CC2(C1)NC(=O)N(CC(=O)Nc1cccc(-c3cnco3)c1)C2=O. The number of amides is 4. The van der Waals surface area contributed by atoms with Gasteiger partial charge >= 0.3 is 6.03 Å². The number of imide groups is 1. The van der Waals surface area contributed by atoms with E-state index >= 15 is 0 Å². The van der Waals surface area contributed by atoms with Crippen LogP contribution in [0.25, 0.3) is 11.3 Å². The van der Waals surface area contributed by atoms with E-state index in [1.165, 1.54) is 6.39 Å². The summed E-state index contributed by atoms with van der Waals surface area (Å²) in [6.07, 6.45) is 5.09. The van der Waals surface area contributed by atoms with Crippen LogP contribution >= 0.6 is 0 Å². The van der Waals surface area contributed by atoms with Crippen LogP contribution in [0.15, 0.2) is 41.3 Å². The van der Waals surface area contributed by atoms with Gasteiger partial charge in [-0.1, -0.05) is 32.9 Å². The first-order valence-electron chi connectivity index (χ1n) is 10.1. The predicted octanol–water partition coefficient (Wildman–Crippen LogP) is 3.42. The number of nitrogens with one attached hydrogen (secondary N) is 2. The Balaban J connectivity index is 1.46. The van der Waals surface area contributed by atoms with E-state index in [4.69, 9.17) is 4.42 Å². The number of hydrogen-bond acceptors (Lipinski definition) is 5. The van der Waals surface area contributed by atoms with Gasteiger partial charge in [0.2, 0.25) is 5.91 Å². The van der Waals surface area contributed by atoms with Gasteiger partial charge < -0.3 is 15.1 Å². The molecule has 2 N–H and O–H groups in total. The molecule has 8 heteroatoms. The second kappa shape index (κ2) is 7.27. The van der Waals surface area contributed by atoms with Crippen molar-refractivity contribution in [1.29, 1.82) is 0 Å². The molecule has 2 aromatic rings. The second-order valence-electron chi connectivity index (χ2n) is 9.25. The first-order chi connectivity index (χ1) is 14.2. The van der Waals surface area contributed by atoms with E-state index in [1.807, 2.05) is 6.07 Å². The molecule has 4 rings (SSSR count). The van der Waals surface area contributed by atoms with Crippen LogP contribution in [-0.2, 0) is 9.59 Å². The molecule has 0 radical (unpaired) electrons. The van der Waals surface area contributed by atoms with Crippen molar-refractivity contribution in [3.63, 3.8) is 0 Å². The van der Waals surface area contributed by atoms with Crippen LogP contribution in [-0.4, -0.2) is 39.8 Å². The molecule has 1 saturated heterocycles. The molecule has 30 heavy (non-hydrogen) atoms. The number of nitrogens with zero attached hydrogens (tertiary/aromatic N) is 2. The van der Waals surface area contributed by atoms with Gasteiger partial charge in [0, 0.05) is 11.3 Å². The molecule has 2 heterocycles. The molecule has 2 unspecified atom stereocenters. The highest BCUT2D eigenvalue weighted by molar-refractivity contribution is 6.10. The van der Waals surface area contributed by atoms with E-state index < -0.39 is 17.5 Å². The van der Waals surface area contributed by atoms with Crippen molar-refractivity contribution in [3.8, 4) is 11.3 Å². The van der Waals surface area contributed by atoms with Crippen LogP contribution in [0, 0.1) is 11.3 Å². The Morgan fingerprint density at radius 2 is 2.13 bits per heavy atom. The minimum atomic E-state index is -0.912. The van der Waals surface area contributed by atoms with Crippen LogP contribution in [0.3, 0.4) is 0 Å². The molecular weight excluding hydrogens is 384 g/mol. The lowest BCUT2D eigenvalue weighted by molar-refractivity contribution is -0.136. The van der Waals surface area contributed by atoms with Gasteiger partial charge in [0.05, 0.1) is 6.20 Å². The third-order valence-electron chi connectivity index (χ3n) is 5.79. The highest BCUT2D eigenvalue weighted by Gasteiger charge is 2.56. The Morgan fingerprint density at radius 3 is 2.83 bits per heavy atom. The number of carbonyl (C=O) groups excluding carboxylic acids is 3. The average molecular weight is 410 g/mol. The van der Waals surface area contributed by atoms with Crippen molar-refractivity contribution in [2.24, 2.45) is 11.3 Å². The summed E-state index contributed by atoms with van der Waals surface area (Å²) in [6.45, 7) is 5.99. The summed E-state index contributed by atoms with van der Waals surface area (Å²) >= 11 is 0. The molecule has 1 saturated carbocycles. The lowest BCUT2D eigenvalue weighted by atomic mass is 9.64. The van der Waals surface area contributed by atoms with Crippen LogP contribution in [0.1, 0.15) is 40.0 Å². The molecule has 0 bridgehead atoms. The summed E-state index contributed by atoms with van der Waals surface area (Å²) < 4.78 is 5.27. The van der Waals surface area contributed by atoms with Gasteiger partial charge in [-0.2, -0.15) is 0 Å². The maximum absolute atomic E-state index is 13.2. The van der Waals surface area contributed by atoms with Crippen molar-refractivity contribution < 1.29 is 18.8 Å². The van der Waals surface area contributed by atoms with E-state index in [0.29, 0.717) is 30.2 Å². The Labute approximate surface area is 175 Å². The topological polar surface area (TPSA) is 105 Å². The summed E-state index contributed by atoms with van der Waals surface area (Å²) in [5.41, 5.74) is 0.339. The molecule has 1 aliphatic heterocycles. The summed E-state index contributed by atoms with van der Waals surface area (Å²) in [7, 11) is 0. The Kier molecular flexibility index (Phi) is 4.88. The molecule has 1 aliphatic carbocycles. The number of anilines is 1. The van der Waals surface area contributed by atoms with Gasteiger partial charge in [0.25, 0.3) is 5.91 Å². The fourth-order valence-electron chi connectivity index (χ4n) is 5.10. The first kappa shape index (κ1) is 20.1. The minimum absolute atomic E-state index is 0.0555. The van der Waals surface area contributed by atoms with Crippen molar-refractivity contribution in [1.82, 2.24) is 15.2 Å². The van der Waals surface area contributed by atoms with Crippen LogP contribution in [0.2, 0.25) is 0 Å². The standard InChI is InChI=1S/C22H26N4O4/c1-14-8-21(2,3)12-22(9-14)19(28)26(20(29)25-22)11-18(27)24-16-6-4-5-15(7-16)17-10-23-13-30-17/h4-7,10,13-14H,8-9,11-12H2,1-3H3,(H,24,27)(H,25,29). The van der Waals surface area contributed by atoms with E-state index in [9.17, 15) is 14.4 Å². The smallest absolute Gasteiger partial charge is 0.325 e. The maximum Gasteiger partial charge on any atom is 0.325 e. The van der Waals surface area contributed by atoms with E-state index in [1.54, 1.807) is 24.4 Å². The van der Waals surface area contributed by atoms with E-state index in [0.717, 1.165) is 16.9 Å². The Bertz CT molecular complexity index is 985. The quantitative estimate of drug-likeness (QED) is 0.752. The summed E-state index contributed by atoms with van der Waals surface area (Å²) in [5.74, 6) is 0.146. The highest BCUT2D eigenvalue weighted by atomic mass is 16.3. The lowest BCUT2D eigenvalue weighted by Crippen LogP contribution is -2.54. The number of oxazole rings is 1. The number of urea groups is 1. The first-order valence-corrected chi connectivity index (χ1v) is 10.1. The largest absolute Gasteiger partial charge is 0.444 e. The predicted molar refractivity (Wildman–Crippen MR) is 110 cm³/mol. The minimum Gasteiger partial charge on any atom is -0.444 e. The fourth-order valence-corrected chi connectivity index (χ4v) is 5.10. The highest BCUT2D eigenvalue weighted by Crippen LogP contribution is 2.46. The third-order valence-corrected chi connectivity index (χ3v) is 5.79. The van der Waals surface area contributed by atoms with Gasteiger partial charge in [-0.3, -0.25) is 14.5 Å². The molecule has 2 fully saturated rings. The lowest BCUT2D eigenvalue weighted by Gasteiger charge is -2.43. The zero-order chi connectivity index (χ0) is 21.5. The number of hydrogen-bond donors (Lipinski definition) is 2. The number of carbonyl (C=O) groups is 3. The van der Waals surface area contributed by atoms with Gasteiger partial charge in [0.1, 0.15) is 12.1 Å². The number of rotatable bonds is 4. The third kappa shape index (κ3) is 3.81. The fraction of sp³-hybridized carbons (Fsp3) is 0.455. The molecular formula is C22H26N4O4. The van der Waals surface area contributed by atoms with Crippen molar-refractivity contribution in [2.45, 2.75) is 45.6 Å². The van der Waals surface area contributed by atoms with Gasteiger partial charge in [0.15, 0.2) is 12.2 Å². The van der Waals surface area contributed by atoms with Crippen LogP contribution < -0.4 is 10.6 Å². The molecule has 1 aromatic carbocycles. The van der Waals surface area contributed by atoms with Crippen molar-refractivity contribution >= 4 is 23.5 Å². The second-order valence-corrected chi connectivity index (χ2v) is 9.25. The summed E-state index contributed by atoms with van der Waals surface area (Å²) in [6, 6.07) is 6.59. The Morgan fingerprint density at radius 1 is 1.33 bits per heavy atom. The van der Waals surface area contributed by atoms with Gasteiger partial charge in [-0.25, -0.2) is 9.78 Å². The average Bonchev–Trinajstić information content (AvgIpc) is 3.24. The van der Waals surface area contributed by atoms with E-state index in [2.05, 4.69) is 36.4 Å². The zero-order valence-electron chi connectivity index (χ0n) is 17.4. The van der Waals surface area contributed by atoms with Crippen LogP contribution in [0.5, 0.6) is 0 Å². The maximum atomic E-state index is 13.2. The number of benzene rings is 1. The Hall–Kier alpha value is -3.16. The molecule has 2 atom stereocenters. The summed E-state index contributed by atoms with van der Waals surface area (Å²) in [5, 5.41) is 5.64. The van der Waals surface area contributed by atoms with Crippen molar-refractivity contribution in [3.05, 3.63) is 36.9 Å². The monoisotopic (exact) mass is 410 g/mol. The van der Waals surface area contributed by atoms with Gasteiger partial charge in [-0.15, -0.1) is 0 Å². The van der Waals surface area contributed by atoms with Crippen molar-refractivity contribution in [2.75, 3.05) is 11.9 Å².